The Bertz CT molecular complexity index is 585. The second kappa shape index (κ2) is 6.20. The SMILES string of the molecule is COc1cccc(/C=C/C(=O)c2cccs2)c1OC. The second-order valence-electron chi connectivity index (χ2n) is 3.76. The molecule has 98 valence electrons. The minimum atomic E-state index is -0.0140. The Morgan fingerprint density at radius 1 is 1.16 bits per heavy atom. The maximum atomic E-state index is 11.9. The van der Waals surface area contributed by atoms with Gasteiger partial charge < -0.3 is 9.47 Å². The van der Waals surface area contributed by atoms with E-state index in [2.05, 4.69) is 0 Å². The fourth-order valence-electron chi connectivity index (χ4n) is 1.71. The molecule has 0 radical (unpaired) electrons. The first-order valence-corrected chi connectivity index (χ1v) is 6.61. The van der Waals surface area contributed by atoms with Crippen LogP contribution in [0.1, 0.15) is 15.2 Å². The van der Waals surface area contributed by atoms with E-state index in [1.54, 1.807) is 32.4 Å². The van der Waals surface area contributed by atoms with Gasteiger partial charge in [0.05, 0.1) is 19.1 Å². The third-order valence-corrected chi connectivity index (χ3v) is 3.50. The summed E-state index contributed by atoms with van der Waals surface area (Å²) in [6.07, 6.45) is 3.28. The molecule has 0 aliphatic rings. The summed E-state index contributed by atoms with van der Waals surface area (Å²) >= 11 is 1.43. The van der Waals surface area contributed by atoms with Gasteiger partial charge in [0.1, 0.15) is 0 Å². The summed E-state index contributed by atoms with van der Waals surface area (Å²) < 4.78 is 10.5. The van der Waals surface area contributed by atoms with Gasteiger partial charge in [0.2, 0.25) is 0 Å². The summed E-state index contributed by atoms with van der Waals surface area (Å²) in [7, 11) is 3.17. The molecule has 0 saturated carbocycles. The molecule has 0 bridgehead atoms. The highest BCUT2D eigenvalue weighted by Gasteiger charge is 2.08. The first-order chi connectivity index (χ1) is 9.26. The van der Waals surface area contributed by atoms with Crippen LogP contribution in [0, 0.1) is 0 Å². The summed E-state index contributed by atoms with van der Waals surface area (Å²) in [5.74, 6) is 1.26. The standard InChI is InChI=1S/C15H14O3S/c1-17-13-6-3-5-11(15(13)18-2)8-9-12(16)14-7-4-10-19-14/h3-10H,1-2H3/b9-8+. The number of rotatable bonds is 5. The number of carbonyl (C=O) groups is 1. The van der Waals surface area contributed by atoms with Crippen LogP contribution < -0.4 is 9.47 Å². The van der Waals surface area contributed by atoms with Crippen molar-refractivity contribution in [3.05, 3.63) is 52.2 Å². The zero-order valence-electron chi connectivity index (χ0n) is 10.8. The molecule has 0 atom stereocenters. The number of allylic oxidation sites excluding steroid dienone is 1. The van der Waals surface area contributed by atoms with Crippen LogP contribution in [0.4, 0.5) is 0 Å². The quantitative estimate of drug-likeness (QED) is 0.616. The van der Waals surface area contributed by atoms with Gasteiger partial charge in [0.15, 0.2) is 17.3 Å². The largest absolute Gasteiger partial charge is 0.493 e. The highest BCUT2D eigenvalue weighted by Crippen LogP contribution is 2.31. The number of carbonyl (C=O) groups excluding carboxylic acids is 1. The molecule has 1 aromatic carbocycles. The van der Waals surface area contributed by atoms with E-state index in [0.29, 0.717) is 11.5 Å². The smallest absolute Gasteiger partial charge is 0.195 e. The maximum absolute atomic E-state index is 11.9. The van der Waals surface area contributed by atoms with Gasteiger partial charge in [-0.15, -0.1) is 11.3 Å². The lowest BCUT2D eigenvalue weighted by molar-refractivity contribution is 0.105. The molecule has 0 aliphatic carbocycles. The molecular formula is C15H14O3S. The predicted octanol–water partition coefficient (Wildman–Crippen LogP) is 3.66. The van der Waals surface area contributed by atoms with Crippen molar-refractivity contribution in [2.45, 2.75) is 0 Å². The molecular weight excluding hydrogens is 260 g/mol. The van der Waals surface area contributed by atoms with E-state index < -0.39 is 0 Å². The first kappa shape index (κ1) is 13.4. The Labute approximate surface area is 116 Å². The Kier molecular flexibility index (Phi) is 4.36. The minimum absolute atomic E-state index is 0.0140. The van der Waals surface area contributed by atoms with Crippen molar-refractivity contribution in [1.82, 2.24) is 0 Å². The topological polar surface area (TPSA) is 35.5 Å². The van der Waals surface area contributed by atoms with Gasteiger partial charge in [-0.05, 0) is 29.7 Å². The molecule has 0 fully saturated rings. The molecule has 0 saturated heterocycles. The van der Waals surface area contributed by atoms with E-state index in [4.69, 9.17) is 9.47 Å². The molecule has 3 nitrogen and oxygen atoms in total. The van der Waals surface area contributed by atoms with Gasteiger partial charge in [-0.1, -0.05) is 18.2 Å². The molecule has 2 rings (SSSR count). The van der Waals surface area contributed by atoms with Gasteiger partial charge in [0, 0.05) is 5.56 Å². The molecule has 1 heterocycles. The van der Waals surface area contributed by atoms with Crippen LogP contribution in [0.3, 0.4) is 0 Å². The van der Waals surface area contributed by atoms with E-state index in [-0.39, 0.29) is 5.78 Å². The van der Waals surface area contributed by atoms with Crippen molar-refractivity contribution >= 4 is 23.2 Å². The number of ketones is 1. The van der Waals surface area contributed by atoms with Gasteiger partial charge in [-0.2, -0.15) is 0 Å². The van der Waals surface area contributed by atoms with E-state index >= 15 is 0 Å². The minimum Gasteiger partial charge on any atom is -0.493 e. The summed E-state index contributed by atoms with van der Waals surface area (Å²) in [4.78, 5) is 12.6. The first-order valence-electron chi connectivity index (χ1n) is 5.73. The normalized spacial score (nSPS) is 10.6. The van der Waals surface area contributed by atoms with Crippen LogP contribution in [-0.4, -0.2) is 20.0 Å². The van der Waals surface area contributed by atoms with Crippen molar-refractivity contribution in [1.29, 1.82) is 0 Å². The van der Waals surface area contributed by atoms with Gasteiger partial charge in [-0.3, -0.25) is 4.79 Å². The summed E-state index contributed by atoms with van der Waals surface area (Å²) in [6.45, 7) is 0. The molecule has 0 aliphatic heterocycles. The number of methoxy groups -OCH3 is 2. The Morgan fingerprint density at radius 2 is 2.00 bits per heavy atom. The fourth-order valence-corrected chi connectivity index (χ4v) is 2.35. The molecule has 0 unspecified atom stereocenters. The predicted molar refractivity (Wildman–Crippen MR) is 77.2 cm³/mol. The van der Waals surface area contributed by atoms with E-state index in [0.717, 1.165) is 10.4 Å². The van der Waals surface area contributed by atoms with Crippen LogP contribution in [-0.2, 0) is 0 Å². The summed E-state index contributed by atoms with van der Waals surface area (Å²) in [5.41, 5.74) is 0.812. The number of thiophene rings is 1. The molecule has 2 aromatic rings. The molecule has 4 heteroatoms. The third kappa shape index (κ3) is 3.03. The summed E-state index contributed by atoms with van der Waals surface area (Å²) in [5, 5.41) is 1.88. The van der Waals surface area contributed by atoms with Crippen LogP contribution in [0.25, 0.3) is 6.08 Å². The lowest BCUT2D eigenvalue weighted by Gasteiger charge is -2.09. The lowest BCUT2D eigenvalue weighted by atomic mass is 10.1. The highest BCUT2D eigenvalue weighted by molar-refractivity contribution is 7.12. The molecule has 19 heavy (non-hydrogen) atoms. The molecule has 1 aromatic heterocycles. The van der Waals surface area contributed by atoms with Gasteiger partial charge in [-0.25, -0.2) is 0 Å². The van der Waals surface area contributed by atoms with Crippen LogP contribution >= 0.6 is 11.3 Å². The zero-order chi connectivity index (χ0) is 13.7. The van der Waals surface area contributed by atoms with Crippen molar-refractivity contribution in [2.24, 2.45) is 0 Å². The Balaban J connectivity index is 2.26. The lowest BCUT2D eigenvalue weighted by Crippen LogP contribution is -1.93. The number of hydrogen-bond acceptors (Lipinski definition) is 4. The second-order valence-corrected chi connectivity index (χ2v) is 4.71. The number of para-hydroxylation sites is 1. The van der Waals surface area contributed by atoms with Crippen molar-refractivity contribution in [2.75, 3.05) is 14.2 Å². The van der Waals surface area contributed by atoms with Crippen LogP contribution in [0.15, 0.2) is 41.8 Å². The average molecular weight is 274 g/mol. The van der Waals surface area contributed by atoms with E-state index in [1.807, 2.05) is 29.6 Å². The maximum Gasteiger partial charge on any atom is 0.195 e. The molecule has 0 amide bonds. The number of hydrogen-bond donors (Lipinski definition) is 0. The molecule has 0 N–H and O–H groups in total. The van der Waals surface area contributed by atoms with Crippen molar-refractivity contribution in [3.8, 4) is 11.5 Å². The van der Waals surface area contributed by atoms with Gasteiger partial charge in [0.25, 0.3) is 0 Å². The average Bonchev–Trinajstić information content (AvgIpc) is 2.98. The molecule has 0 spiro atoms. The van der Waals surface area contributed by atoms with Crippen LogP contribution in [0.2, 0.25) is 0 Å². The number of benzene rings is 1. The van der Waals surface area contributed by atoms with Crippen molar-refractivity contribution in [3.63, 3.8) is 0 Å². The highest BCUT2D eigenvalue weighted by atomic mass is 32.1. The van der Waals surface area contributed by atoms with E-state index in [1.165, 1.54) is 11.3 Å². The number of ether oxygens (including phenoxy) is 2. The fraction of sp³-hybridized carbons (Fsp3) is 0.133. The Morgan fingerprint density at radius 3 is 2.63 bits per heavy atom. The third-order valence-electron chi connectivity index (χ3n) is 2.61. The zero-order valence-corrected chi connectivity index (χ0v) is 11.6. The summed E-state index contributed by atoms with van der Waals surface area (Å²) in [6, 6.07) is 9.21. The monoisotopic (exact) mass is 274 g/mol. The van der Waals surface area contributed by atoms with E-state index in [9.17, 15) is 4.79 Å². The Hall–Kier alpha value is -2.07. The van der Waals surface area contributed by atoms with Crippen LogP contribution in [0.5, 0.6) is 11.5 Å². The van der Waals surface area contributed by atoms with Gasteiger partial charge >= 0.3 is 0 Å². The van der Waals surface area contributed by atoms with Crippen molar-refractivity contribution < 1.29 is 14.3 Å².